The molecule has 0 bridgehead atoms. The third-order valence-electron chi connectivity index (χ3n) is 1.82. The predicted octanol–water partition coefficient (Wildman–Crippen LogP) is 2.39. The molecule has 0 saturated heterocycles. The highest BCUT2D eigenvalue weighted by Crippen LogP contribution is 2.30. The lowest BCUT2D eigenvalue weighted by molar-refractivity contribution is -0.385. The zero-order chi connectivity index (χ0) is 11.3. The smallest absolute Gasteiger partial charge is 0.314 e. The Morgan fingerprint density at radius 2 is 2.20 bits per heavy atom. The number of benzene rings is 1. The first kappa shape index (κ1) is 11.3. The lowest BCUT2D eigenvalue weighted by Gasteiger charge is -2.06. The molecule has 5 heteroatoms. The third-order valence-corrected chi connectivity index (χ3v) is 1.82. The van der Waals surface area contributed by atoms with E-state index in [-0.39, 0.29) is 11.4 Å². The monoisotopic (exact) mass is 211 g/mol. The summed E-state index contributed by atoms with van der Waals surface area (Å²) >= 11 is 0. The average Bonchev–Trinajstić information content (AvgIpc) is 2.26. The molecule has 82 valence electrons. The van der Waals surface area contributed by atoms with Gasteiger partial charge < -0.3 is 9.47 Å². The Bertz CT molecular complexity index is 351. The first-order valence-corrected chi connectivity index (χ1v) is 4.64. The molecule has 15 heavy (non-hydrogen) atoms. The number of nitrogens with zero attached hydrogens (tertiary/aromatic N) is 1. The van der Waals surface area contributed by atoms with Crippen molar-refractivity contribution in [1.29, 1.82) is 0 Å². The van der Waals surface area contributed by atoms with Crippen molar-refractivity contribution in [3.63, 3.8) is 0 Å². The van der Waals surface area contributed by atoms with Gasteiger partial charge in [0.05, 0.1) is 24.7 Å². The molecule has 0 amide bonds. The number of methoxy groups -OCH3 is 1. The quantitative estimate of drug-likeness (QED) is 0.554. The van der Waals surface area contributed by atoms with Crippen LogP contribution in [-0.4, -0.2) is 18.6 Å². The van der Waals surface area contributed by atoms with Gasteiger partial charge in [-0.1, -0.05) is 6.92 Å². The van der Waals surface area contributed by atoms with E-state index in [4.69, 9.17) is 9.47 Å². The van der Waals surface area contributed by atoms with Crippen LogP contribution in [0.5, 0.6) is 11.5 Å². The maximum absolute atomic E-state index is 10.7. The Morgan fingerprint density at radius 1 is 1.47 bits per heavy atom. The average molecular weight is 211 g/mol. The van der Waals surface area contributed by atoms with Gasteiger partial charge >= 0.3 is 5.69 Å². The standard InChI is InChI=1S/C10H13NO4/c1-3-6-15-10-5-4-8(14-2)7-9(10)11(12)13/h4-5,7H,3,6H2,1-2H3. The minimum Gasteiger partial charge on any atom is -0.496 e. The molecule has 0 radical (unpaired) electrons. The summed E-state index contributed by atoms with van der Waals surface area (Å²) in [6.07, 6.45) is 0.809. The molecule has 1 aromatic rings. The molecule has 0 aromatic heterocycles. The first-order chi connectivity index (χ1) is 7.19. The van der Waals surface area contributed by atoms with Crippen LogP contribution in [0.2, 0.25) is 0 Å². The second-order valence-electron chi connectivity index (χ2n) is 2.94. The summed E-state index contributed by atoms with van der Waals surface area (Å²) < 4.78 is 10.2. The number of hydrogen-bond acceptors (Lipinski definition) is 4. The van der Waals surface area contributed by atoms with E-state index >= 15 is 0 Å². The minimum atomic E-state index is -0.479. The fourth-order valence-electron chi connectivity index (χ4n) is 1.10. The lowest BCUT2D eigenvalue weighted by Crippen LogP contribution is -1.99. The van der Waals surface area contributed by atoms with Gasteiger partial charge in [0.25, 0.3) is 0 Å². The normalized spacial score (nSPS) is 9.73. The molecule has 0 aliphatic heterocycles. The number of hydrogen-bond donors (Lipinski definition) is 0. The summed E-state index contributed by atoms with van der Waals surface area (Å²) in [7, 11) is 1.46. The molecule has 0 fully saturated rings. The van der Waals surface area contributed by atoms with Gasteiger partial charge in [0.15, 0.2) is 5.75 Å². The molecule has 0 aliphatic rings. The van der Waals surface area contributed by atoms with Crippen LogP contribution >= 0.6 is 0 Å². The van der Waals surface area contributed by atoms with E-state index in [1.807, 2.05) is 6.92 Å². The van der Waals surface area contributed by atoms with Crippen molar-refractivity contribution >= 4 is 5.69 Å². The van der Waals surface area contributed by atoms with Crippen LogP contribution in [0.25, 0.3) is 0 Å². The van der Waals surface area contributed by atoms with Crippen LogP contribution in [-0.2, 0) is 0 Å². The van der Waals surface area contributed by atoms with Crippen molar-refractivity contribution in [2.45, 2.75) is 13.3 Å². The van der Waals surface area contributed by atoms with E-state index in [1.165, 1.54) is 13.2 Å². The Hall–Kier alpha value is -1.78. The maximum atomic E-state index is 10.7. The van der Waals surface area contributed by atoms with Crippen molar-refractivity contribution in [2.24, 2.45) is 0 Å². The van der Waals surface area contributed by atoms with Gasteiger partial charge in [-0.3, -0.25) is 10.1 Å². The number of nitro groups is 1. The van der Waals surface area contributed by atoms with E-state index in [2.05, 4.69) is 0 Å². The Morgan fingerprint density at radius 3 is 2.73 bits per heavy atom. The number of rotatable bonds is 5. The highest BCUT2D eigenvalue weighted by molar-refractivity contribution is 5.50. The molecule has 1 rings (SSSR count). The SMILES string of the molecule is CCCOc1ccc(OC)cc1[N+](=O)[O-]. The molecule has 5 nitrogen and oxygen atoms in total. The fourth-order valence-corrected chi connectivity index (χ4v) is 1.10. The highest BCUT2D eigenvalue weighted by Gasteiger charge is 2.15. The maximum Gasteiger partial charge on any atom is 0.314 e. The summed E-state index contributed by atoms with van der Waals surface area (Å²) in [4.78, 5) is 10.2. The molecule has 0 saturated carbocycles. The van der Waals surface area contributed by atoms with E-state index < -0.39 is 4.92 Å². The van der Waals surface area contributed by atoms with Gasteiger partial charge in [0.2, 0.25) is 0 Å². The topological polar surface area (TPSA) is 61.6 Å². The van der Waals surface area contributed by atoms with Crippen molar-refractivity contribution in [3.8, 4) is 11.5 Å². The Balaban J connectivity index is 2.98. The van der Waals surface area contributed by atoms with Crippen LogP contribution in [0.1, 0.15) is 13.3 Å². The zero-order valence-electron chi connectivity index (χ0n) is 8.73. The van der Waals surface area contributed by atoms with Crippen LogP contribution in [0.15, 0.2) is 18.2 Å². The molecular weight excluding hydrogens is 198 g/mol. The van der Waals surface area contributed by atoms with Crippen molar-refractivity contribution in [3.05, 3.63) is 28.3 Å². The summed E-state index contributed by atoms with van der Waals surface area (Å²) in [5.41, 5.74) is -0.0669. The summed E-state index contributed by atoms with van der Waals surface area (Å²) in [5.74, 6) is 0.730. The third kappa shape index (κ3) is 2.83. The fraction of sp³-hybridized carbons (Fsp3) is 0.400. The van der Waals surface area contributed by atoms with Crippen molar-refractivity contribution < 1.29 is 14.4 Å². The zero-order valence-corrected chi connectivity index (χ0v) is 8.73. The van der Waals surface area contributed by atoms with E-state index in [0.717, 1.165) is 6.42 Å². The number of ether oxygens (including phenoxy) is 2. The van der Waals surface area contributed by atoms with Gasteiger partial charge in [-0.2, -0.15) is 0 Å². The van der Waals surface area contributed by atoms with E-state index in [1.54, 1.807) is 12.1 Å². The number of nitro benzene ring substituents is 1. The summed E-state index contributed by atoms with van der Waals surface area (Å²) in [6.45, 7) is 2.41. The van der Waals surface area contributed by atoms with Crippen LogP contribution in [0.4, 0.5) is 5.69 Å². The Labute approximate surface area is 87.8 Å². The van der Waals surface area contributed by atoms with Crippen molar-refractivity contribution in [2.75, 3.05) is 13.7 Å². The van der Waals surface area contributed by atoms with Gasteiger partial charge in [0, 0.05) is 0 Å². The molecule has 0 N–H and O–H groups in total. The second kappa shape index (κ2) is 5.19. The lowest BCUT2D eigenvalue weighted by atomic mass is 10.3. The van der Waals surface area contributed by atoms with Gasteiger partial charge in [-0.15, -0.1) is 0 Å². The molecule has 0 atom stereocenters. The van der Waals surface area contributed by atoms with Crippen LogP contribution in [0.3, 0.4) is 0 Å². The molecular formula is C10H13NO4. The Kier molecular flexibility index (Phi) is 3.91. The minimum absolute atomic E-state index is 0.0669. The highest BCUT2D eigenvalue weighted by atomic mass is 16.6. The molecule has 1 aromatic carbocycles. The molecule has 0 aliphatic carbocycles. The molecule has 0 spiro atoms. The molecule has 0 unspecified atom stereocenters. The predicted molar refractivity (Wildman–Crippen MR) is 55.4 cm³/mol. The van der Waals surface area contributed by atoms with Crippen molar-refractivity contribution in [1.82, 2.24) is 0 Å². The van der Waals surface area contributed by atoms with Gasteiger partial charge in [-0.25, -0.2) is 0 Å². The van der Waals surface area contributed by atoms with Gasteiger partial charge in [0.1, 0.15) is 5.75 Å². The summed E-state index contributed by atoms with van der Waals surface area (Å²) in [5, 5.41) is 10.7. The van der Waals surface area contributed by atoms with Gasteiger partial charge in [-0.05, 0) is 18.6 Å². The summed E-state index contributed by atoms with van der Waals surface area (Å²) in [6, 6.07) is 4.54. The van der Waals surface area contributed by atoms with Crippen LogP contribution in [0, 0.1) is 10.1 Å². The molecule has 0 heterocycles. The van der Waals surface area contributed by atoms with E-state index in [0.29, 0.717) is 12.4 Å². The second-order valence-corrected chi connectivity index (χ2v) is 2.94. The first-order valence-electron chi connectivity index (χ1n) is 4.64. The van der Waals surface area contributed by atoms with E-state index in [9.17, 15) is 10.1 Å². The van der Waals surface area contributed by atoms with Crippen LogP contribution < -0.4 is 9.47 Å². The largest absolute Gasteiger partial charge is 0.496 e.